The van der Waals surface area contributed by atoms with Crippen LogP contribution in [-0.4, -0.2) is 40.6 Å². The summed E-state index contributed by atoms with van der Waals surface area (Å²) in [5.74, 6) is -0.849. The number of aliphatic carboxylic acids is 1. The molecule has 3 N–H and O–H groups in total. The van der Waals surface area contributed by atoms with Gasteiger partial charge >= 0.3 is 5.97 Å². The van der Waals surface area contributed by atoms with E-state index in [1.54, 1.807) is 0 Å². The number of carbonyl (C=O) groups is 1. The minimum absolute atomic E-state index is 0.535. The highest BCUT2D eigenvalue weighted by Gasteiger charge is 2.42. The van der Waals surface area contributed by atoms with E-state index >= 15 is 0 Å². The standard InChI is InChI=1S/C9H16N2O2/c10-9(8(12)13)4-1-5-11(6-9)7-2-3-7/h7H,1-6,10H2,(H,12,13). The number of nitrogens with zero attached hydrogens (tertiary/aromatic N) is 1. The number of rotatable bonds is 2. The van der Waals surface area contributed by atoms with Gasteiger partial charge < -0.3 is 10.8 Å². The van der Waals surface area contributed by atoms with Crippen molar-refractivity contribution >= 4 is 5.97 Å². The summed E-state index contributed by atoms with van der Waals surface area (Å²) in [5, 5.41) is 8.97. The first kappa shape index (κ1) is 8.97. The summed E-state index contributed by atoms with van der Waals surface area (Å²) in [6, 6.07) is 0.627. The zero-order valence-electron chi connectivity index (χ0n) is 7.70. The lowest BCUT2D eigenvalue weighted by Crippen LogP contribution is -2.59. The fourth-order valence-corrected chi connectivity index (χ4v) is 2.04. The molecule has 1 heterocycles. The van der Waals surface area contributed by atoms with Gasteiger partial charge in [-0.2, -0.15) is 0 Å². The van der Waals surface area contributed by atoms with E-state index in [1.807, 2.05) is 0 Å². The highest BCUT2D eigenvalue weighted by Crippen LogP contribution is 2.31. The van der Waals surface area contributed by atoms with Gasteiger partial charge in [0.1, 0.15) is 5.54 Å². The molecule has 0 radical (unpaired) electrons. The minimum Gasteiger partial charge on any atom is -0.480 e. The molecule has 1 saturated carbocycles. The lowest BCUT2D eigenvalue weighted by Gasteiger charge is -2.37. The van der Waals surface area contributed by atoms with Gasteiger partial charge in [-0.25, -0.2) is 0 Å². The first-order valence-corrected chi connectivity index (χ1v) is 4.88. The Morgan fingerprint density at radius 3 is 2.77 bits per heavy atom. The quantitative estimate of drug-likeness (QED) is 0.635. The second kappa shape index (κ2) is 2.96. The third-order valence-corrected chi connectivity index (χ3v) is 3.04. The van der Waals surface area contributed by atoms with E-state index < -0.39 is 11.5 Å². The van der Waals surface area contributed by atoms with E-state index in [9.17, 15) is 4.79 Å². The van der Waals surface area contributed by atoms with Crippen molar-refractivity contribution in [1.82, 2.24) is 4.90 Å². The number of hydrogen-bond donors (Lipinski definition) is 2. The third kappa shape index (κ3) is 1.69. The molecule has 1 atom stereocenters. The average molecular weight is 184 g/mol. The van der Waals surface area contributed by atoms with Gasteiger partial charge in [-0.05, 0) is 32.2 Å². The summed E-state index contributed by atoms with van der Waals surface area (Å²) in [6.07, 6.45) is 3.97. The Balaban J connectivity index is 2.01. The van der Waals surface area contributed by atoms with E-state index in [-0.39, 0.29) is 0 Å². The van der Waals surface area contributed by atoms with Gasteiger partial charge in [-0.1, -0.05) is 0 Å². The molecule has 0 aromatic rings. The van der Waals surface area contributed by atoms with Crippen LogP contribution in [0.3, 0.4) is 0 Å². The van der Waals surface area contributed by atoms with E-state index in [2.05, 4.69) is 4.90 Å². The Bertz CT molecular complexity index is 228. The molecule has 2 rings (SSSR count). The monoisotopic (exact) mass is 184 g/mol. The van der Waals surface area contributed by atoms with Gasteiger partial charge in [0.15, 0.2) is 0 Å². The summed E-state index contributed by atoms with van der Waals surface area (Å²) in [6.45, 7) is 1.56. The van der Waals surface area contributed by atoms with Crippen molar-refractivity contribution in [3.63, 3.8) is 0 Å². The third-order valence-electron chi connectivity index (χ3n) is 3.04. The Labute approximate surface area is 77.7 Å². The maximum Gasteiger partial charge on any atom is 0.325 e. The highest BCUT2D eigenvalue weighted by atomic mass is 16.4. The average Bonchev–Trinajstić information content (AvgIpc) is 2.86. The molecule has 0 bridgehead atoms. The molecule has 13 heavy (non-hydrogen) atoms. The van der Waals surface area contributed by atoms with Crippen molar-refractivity contribution < 1.29 is 9.90 Å². The van der Waals surface area contributed by atoms with Crippen LogP contribution in [0.2, 0.25) is 0 Å². The van der Waals surface area contributed by atoms with Crippen LogP contribution < -0.4 is 5.73 Å². The van der Waals surface area contributed by atoms with Gasteiger partial charge in [0.2, 0.25) is 0 Å². The second-order valence-electron chi connectivity index (χ2n) is 4.27. The molecule has 1 saturated heterocycles. The molecule has 2 aliphatic rings. The predicted molar refractivity (Wildman–Crippen MR) is 48.4 cm³/mol. The number of likely N-dealkylation sites (tertiary alicyclic amines) is 1. The molecular formula is C9H16N2O2. The largest absolute Gasteiger partial charge is 0.480 e. The Kier molecular flexibility index (Phi) is 2.04. The van der Waals surface area contributed by atoms with Crippen molar-refractivity contribution in [2.45, 2.75) is 37.3 Å². The SMILES string of the molecule is NC1(C(=O)O)CCCN(C2CC2)C1. The van der Waals surface area contributed by atoms with Gasteiger partial charge in [0.25, 0.3) is 0 Å². The first-order valence-electron chi connectivity index (χ1n) is 4.88. The molecule has 2 fully saturated rings. The van der Waals surface area contributed by atoms with E-state index in [1.165, 1.54) is 12.8 Å². The molecule has 4 heteroatoms. The summed E-state index contributed by atoms with van der Waals surface area (Å²) in [7, 11) is 0. The van der Waals surface area contributed by atoms with Crippen LogP contribution in [-0.2, 0) is 4.79 Å². The number of nitrogens with two attached hydrogens (primary N) is 1. The zero-order chi connectivity index (χ0) is 9.47. The van der Waals surface area contributed by atoms with Crippen LogP contribution >= 0.6 is 0 Å². The first-order chi connectivity index (χ1) is 6.12. The molecule has 1 aliphatic carbocycles. The fraction of sp³-hybridized carbons (Fsp3) is 0.889. The summed E-state index contributed by atoms with van der Waals surface area (Å²) >= 11 is 0. The van der Waals surface area contributed by atoms with Crippen LogP contribution in [0.15, 0.2) is 0 Å². The molecule has 0 amide bonds. The summed E-state index contributed by atoms with van der Waals surface area (Å²) < 4.78 is 0. The molecular weight excluding hydrogens is 168 g/mol. The van der Waals surface area contributed by atoms with Crippen LogP contribution in [0.5, 0.6) is 0 Å². The number of hydrogen-bond acceptors (Lipinski definition) is 3. The molecule has 0 aromatic carbocycles. The molecule has 1 unspecified atom stereocenters. The maximum absolute atomic E-state index is 10.9. The Morgan fingerprint density at radius 1 is 1.54 bits per heavy atom. The summed E-state index contributed by atoms with van der Waals surface area (Å²) in [4.78, 5) is 13.1. The van der Waals surface area contributed by atoms with E-state index in [4.69, 9.17) is 10.8 Å². The lowest BCUT2D eigenvalue weighted by atomic mass is 9.90. The van der Waals surface area contributed by atoms with E-state index in [0.29, 0.717) is 19.0 Å². The number of carboxylic acids is 1. The normalized spacial score (nSPS) is 36.1. The Hall–Kier alpha value is -0.610. The smallest absolute Gasteiger partial charge is 0.325 e. The highest BCUT2D eigenvalue weighted by molar-refractivity contribution is 5.79. The van der Waals surface area contributed by atoms with Crippen LogP contribution in [0.1, 0.15) is 25.7 Å². The number of piperidine rings is 1. The number of carboxylic acid groups (broad SMARTS) is 1. The molecule has 0 spiro atoms. The lowest BCUT2D eigenvalue weighted by molar-refractivity contribution is -0.145. The van der Waals surface area contributed by atoms with Crippen LogP contribution in [0.25, 0.3) is 0 Å². The van der Waals surface area contributed by atoms with Gasteiger partial charge in [0.05, 0.1) is 0 Å². The van der Waals surface area contributed by atoms with Crippen molar-refractivity contribution in [2.75, 3.05) is 13.1 Å². The van der Waals surface area contributed by atoms with Crippen molar-refractivity contribution in [1.29, 1.82) is 0 Å². The van der Waals surface area contributed by atoms with Gasteiger partial charge in [0, 0.05) is 12.6 Å². The van der Waals surface area contributed by atoms with Crippen LogP contribution in [0, 0.1) is 0 Å². The van der Waals surface area contributed by atoms with Crippen molar-refractivity contribution in [2.24, 2.45) is 5.73 Å². The van der Waals surface area contributed by atoms with Crippen molar-refractivity contribution in [3.8, 4) is 0 Å². The molecule has 74 valence electrons. The van der Waals surface area contributed by atoms with Gasteiger partial charge in [-0.3, -0.25) is 9.69 Å². The topological polar surface area (TPSA) is 66.6 Å². The van der Waals surface area contributed by atoms with Crippen molar-refractivity contribution in [3.05, 3.63) is 0 Å². The van der Waals surface area contributed by atoms with Gasteiger partial charge in [-0.15, -0.1) is 0 Å². The van der Waals surface area contributed by atoms with E-state index in [0.717, 1.165) is 13.0 Å². The second-order valence-corrected chi connectivity index (χ2v) is 4.27. The zero-order valence-corrected chi connectivity index (χ0v) is 7.70. The van der Waals surface area contributed by atoms with Crippen LogP contribution in [0.4, 0.5) is 0 Å². The minimum atomic E-state index is -0.985. The molecule has 1 aliphatic heterocycles. The maximum atomic E-state index is 10.9. The Morgan fingerprint density at radius 2 is 2.23 bits per heavy atom. The molecule has 0 aromatic heterocycles. The predicted octanol–water partition coefficient (Wildman–Crippen LogP) is 0.0267. The fourth-order valence-electron chi connectivity index (χ4n) is 2.04. The molecule has 4 nitrogen and oxygen atoms in total. The summed E-state index contributed by atoms with van der Waals surface area (Å²) in [5.41, 5.74) is 4.83.